The van der Waals surface area contributed by atoms with E-state index in [0.29, 0.717) is 0 Å². The predicted molar refractivity (Wildman–Crippen MR) is 75.5 cm³/mol. The Balaban J connectivity index is 3.86. The molecule has 22 heavy (non-hydrogen) atoms. The number of Topliss-reactive ketones (excluding diaryl/α,β-unsaturated/α-hetero) is 1. The van der Waals surface area contributed by atoms with Crippen molar-refractivity contribution in [3.63, 3.8) is 0 Å². The first-order valence-electron chi connectivity index (χ1n) is 8.45. The lowest BCUT2D eigenvalue weighted by atomic mass is 9.98. The molecule has 1 aliphatic rings. The summed E-state index contributed by atoms with van der Waals surface area (Å²) in [5.41, 5.74) is -1.18. The summed E-state index contributed by atoms with van der Waals surface area (Å²) in [6.07, 6.45) is -1.32. The molecular weight excluding hydrogens is 292 g/mol. The van der Waals surface area contributed by atoms with Gasteiger partial charge in [-0.15, -0.1) is 0 Å². The zero-order chi connectivity index (χ0) is 21.0. The molecule has 0 aromatic carbocycles. The van der Waals surface area contributed by atoms with Crippen LogP contribution in [0.1, 0.15) is 20.1 Å². The summed E-state index contributed by atoms with van der Waals surface area (Å²) in [5.74, 6) is -4.60. The van der Waals surface area contributed by atoms with E-state index < -0.39 is 48.9 Å². The number of allylic oxidation sites excluding steroid dienone is 1. The Morgan fingerprint density at radius 2 is 1.91 bits per heavy atom. The molecule has 0 radical (unpaired) electrons. The van der Waals surface area contributed by atoms with Crippen LogP contribution in [0.4, 0.5) is 0 Å². The van der Waals surface area contributed by atoms with Gasteiger partial charge in [0.25, 0.3) is 0 Å². The summed E-state index contributed by atoms with van der Waals surface area (Å²) in [5, 5.41) is 0. The highest BCUT2D eigenvalue weighted by Crippen LogP contribution is 2.28. The highest BCUT2D eigenvalue weighted by Gasteiger charge is 2.29. The Labute approximate surface area is 135 Å². The van der Waals surface area contributed by atoms with Crippen molar-refractivity contribution in [3.05, 3.63) is 34.8 Å². The van der Waals surface area contributed by atoms with Gasteiger partial charge in [0.1, 0.15) is 11.5 Å². The summed E-state index contributed by atoms with van der Waals surface area (Å²) < 4.78 is 56.8. The minimum absolute atomic E-state index is 0.344. The zero-order valence-corrected chi connectivity index (χ0v) is 12.2. The molecule has 1 rings (SSSR count). The number of ether oxygens (including phenoxy) is 4. The van der Waals surface area contributed by atoms with E-state index in [9.17, 15) is 14.4 Å². The van der Waals surface area contributed by atoms with E-state index in [1.165, 1.54) is 7.11 Å². The molecule has 0 fully saturated rings. The van der Waals surface area contributed by atoms with Crippen molar-refractivity contribution in [2.75, 3.05) is 27.9 Å². The van der Waals surface area contributed by atoms with Gasteiger partial charge in [-0.25, -0.2) is 9.59 Å². The fraction of sp³-hybridized carbons (Fsp3) is 0.400. The van der Waals surface area contributed by atoms with Crippen LogP contribution in [-0.4, -0.2) is 45.7 Å². The van der Waals surface area contributed by atoms with Gasteiger partial charge in [-0.1, -0.05) is 0 Å². The van der Waals surface area contributed by atoms with Crippen molar-refractivity contribution >= 4 is 17.7 Å². The Morgan fingerprint density at radius 1 is 1.23 bits per heavy atom. The smallest absolute Gasteiger partial charge is 0.339 e. The summed E-state index contributed by atoms with van der Waals surface area (Å²) in [4.78, 5) is 36.5. The van der Waals surface area contributed by atoms with Gasteiger partial charge in [-0.3, -0.25) is 4.79 Å². The molecule has 0 N–H and O–H groups in total. The topological polar surface area (TPSA) is 88.1 Å². The number of carbonyl (C=O) groups excluding carboxylic acids is 3. The van der Waals surface area contributed by atoms with Crippen molar-refractivity contribution in [2.24, 2.45) is 0 Å². The Hall–Kier alpha value is -2.41. The maximum Gasteiger partial charge on any atom is 0.339 e. The summed E-state index contributed by atoms with van der Waals surface area (Å²) in [7, 11) is 3.28. The van der Waals surface area contributed by atoms with Crippen LogP contribution < -0.4 is 0 Å². The number of carbonyl (C=O) groups is 3. The van der Waals surface area contributed by atoms with E-state index in [0.717, 1.165) is 26.6 Å². The summed E-state index contributed by atoms with van der Waals surface area (Å²) in [6.45, 7) is -3.77. The molecular formula is C15H18O7. The summed E-state index contributed by atoms with van der Waals surface area (Å²) in [6, 6.07) is 0. The number of ketones is 1. The van der Waals surface area contributed by atoms with E-state index in [1.807, 2.05) is 0 Å². The lowest BCUT2D eigenvalue weighted by Gasteiger charge is -2.14. The quantitative estimate of drug-likeness (QED) is 0.677. The van der Waals surface area contributed by atoms with Crippen molar-refractivity contribution in [2.45, 2.75) is 13.2 Å². The van der Waals surface area contributed by atoms with Crippen LogP contribution in [0, 0.1) is 0 Å². The van der Waals surface area contributed by atoms with E-state index >= 15 is 0 Å². The molecule has 0 aromatic heterocycles. The number of rotatable bonds is 6. The third kappa shape index (κ3) is 4.05. The van der Waals surface area contributed by atoms with Crippen LogP contribution in [0.3, 0.4) is 0 Å². The Morgan fingerprint density at radius 3 is 2.45 bits per heavy atom. The van der Waals surface area contributed by atoms with E-state index in [1.54, 1.807) is 0 Å². The number of hydrogen-bond acceptors (Lipinski definition) is 7. The molecule has 0 atom stereocenters. The van der Waals surface area contributed by atoms with E-state index in [2.05, 4.69) is 9.47 Å². The second kappa shape index (κ2) is 8.14. The largest absolute Gasteiger partial charge is 0.468 e. The van der Waals surface area contributed by atoms with Crippen molar-refractivity contribution in [1.29, 1.82) is 0 Å². The SMILES string of the molecule is [2H]C([2H])([2H])C(=O)C([2H])([2H])C1=C(COC)C(C(=O)OC)=C(C(=O)OC)C=CO1. The van der Waals surface area contributed by atoms with Crippen LogP contribution >= 0.6 is 0 Å². The van der Waals surface area contributed by atoms with Crippen LogP contribution in [0.25, 0.3) is 0 Å². The van der Waals surface area contributed by atoms with Gasteiger partial charge in [-0.2, -0.15) is 0 Å². The molecule has 0 saturated heterocycles. The average Bonchev–Trinajstić information content (AvgIpc) is 2.79. The molecule has 7 heteroatoms. The zero-order valence-electron chi connectivity index (χ0n) is 17.2. The highest BCUT2D eigenvalue weighted by atomic mass is 16.5. The second-order valence-corrected chi connectivity index (χ2v) is 3.89. The standard InChI is InChI=1S/C15H18O7/c1-9(16)7-12-11(8-19-2)13(15(18)21-4)10(5-6-22-12)14(17)20-3/h5-6H,7-8H2,1-4H3/i1D3,7D2. The lowest BCUT2D eigenvalue weighted by Crippen LogP contribution is -2.18. The predicted octanol–water partition coefficient (Wildman–Crippen LogP) is 1.05. The van der Waals surface area contributed by atoms with E-state index in [-0.39, 0.29) is 11.1 Å². The normalized spacial score (nSPS) is 19.0. The minimum Gasteiger partial charge on any atom is -0.468 e. The van der Waals surface area contributed by atoms with Crippen LogP contribution in [0.5, 0.6) is 0 Å². The number of methoxy groups -OCH3 is 3. The molecule has 1 heterocycles. The molecule has 0 unspecified atom stereocenters. The Kier molecular flexibility index (Phi) is 4.14. The van der Waals surface area contributed by atoms with E-state index in [4.69, 9.17) is 16.3 Å². The van der Waals surface area contributed by atoms with Crippen molar-refractivity contribution < 1.29 is 40.2 Å². The van der Waals surface area contributed by atoms with Gasteiger partial charge < -0.3 is 18.9 Å². The average molecular weight is 315 g/mol. The van der Waals surface area contributed by atoms with Gasteiger partial charge in [0.05, 0.1) is 44.6 Å². The molecule has 120 valence electrons. The monoisotopic (exact) mass is 315 g/mol. The third-order valence-electron chi connectivity index (χ3n) is 2.58. The molecule has 0 amide bonds. The molecule has 0 aliphatic carbocycles. The number of esters is 2. The fourth-order valence-electron chi connectivity index (χ4n) is 1.71. The molecule has 1 aliphatic heterocycles. The van der Waals surface area contributed by atoms with Crippen LogP contribution in [0.15, 0.2) is 34.8 Å². The van der Waals surface area contributed by atoms with Crippen LogP contribution in [0.2, 0.25) is 0 Å². The number of hydrogen-bond donors (Lipinski definition) is 0. The molecule has 0 bridgehead atoms. The molecule has 7 nitrogen and oxygen atoms in total. The van der Waals surface area contributed by atoms with Crippen molar-refractivity contribution in [3.8, 4) is 0 Å². The molecule has 0 aromatic rings. The fourth-order valence-corrected chi connectivity index (χ4v) is 1.71. The Bertz CT molecular complexity index is 731. The lowest BCUT2D eigenvalue weighted by molar-refractivity contribution is -0.138. The maximum atomic E-state index is 12.3. The second-order valence-electron chi connectivity index (χ2n) is 3.89. The van der Waals surface area contributed by atoms with Gasteiger partial charge in [-0.05, 0) is 12.9 Å². The molecule has 0 saturated carbocycles. The first-order chi connectivity index (χ1) is 12.4. The maximum absolute atomic E-state index is 12.3. The highest BCUT2D eigenvalue weighted by molar-refractivity contribution is 6.05. The first-order valence-corrected chi connectivity index (χ1v) is 5.95. The van der Waals surface area contributed by atoms with Crippen LogP contribution in [-0.2, 0) is 33.3 Å². The first kappa shape index (κ1) is 11.2. The minimum atomic E-state index is -3.28. The third-order valence-corrected chi connectivity index (χ3v) is 2.58. The molecule has 0 spiro atoms. The summed E-state index contributed by atoms with van der Waals surface area (Å²) >= 11 is 0. The van der Waals surface area contributed by atoms with Gasteiger partial charge in [0, 0.05) is 19.5 Å². The van der Waals surface area contributed by atoms with Gasteiger partial charge in [0.2, 0.25) is 0 Å². The van der Waals surface area contributed by atoms with Gasteiger partial charge >= 0.3 is 11.9 Å². The van der Waals surface area contributed by atoms with Crippen molar-refractivity contribution in [1.82, 2.24) is 0 Å². The van der Waals surface area contributed by atoms with Gasteiger partial charge in [0.15, 0.2) is 0 Å².